The number of hydrogen-bond acceptors (Lipinski definition) is 4. The van der Waals surface area contributed by atoms with Crippen molar-refractivity contribution >= 4 is 27.5 Å². The summed E-state index contributed by atoms with van der Waals surface area (Å²) in [5.74, 6) is 1.49. The lowest BCUT2D eigenvalue weighted by molar-refractivity contribution is 0.364. The second kappa shape index (κ2) is 5.88. The molecule has 0 amide bonds. The van der Waals surface area contributed by atoms with Crippen LogP contribution in [-0.2, 0) is 0 Å². The van der Waals surface area contributed by atoms with Gasteiger partial charge in [-0.3, -0.25) is 0 Å². The second-order valence-electron chi connectivity index (χ2n) is 4.99. The summed E-state index contributed by atoms with van der Waals surface area (Å²) in [6.07, 6.45) is 5.70. The van der Waals surface area contributed by atoms with Crippen LogP contribution in [0.2, 0.25) is 0 Å². The minimum atomic E-state index is 0.704. The normalized spacial score (nSPS) is 19.7. The summed E-state index contributed by atoms with van der Waals surface area (Å²) in [7, 11) is 0. The SMILES string of the molecule is Brc1cccn2nc(NCCC3CCCNC3)nc12. The van der Waals surface area contributed by atoms with Gasteiger partial charge in [0.15, 0.2) is 5.65 Å². The molecule has 5 nitrogen and oxygen atoms in total. The highest BCUT2D eigenvalue weighted by Gasteiger charge is 2.12. The van der Waals surface area contributed by atoms with Crippen LogP contribution in [0.5, 0.6) is 0 Å². The maximum Gasteiger partial charge on any atom is 0.243 e. The summed E-state index contributed by atoms with van der Waals surface area (Å²) in [4.78, 5) is 4.47. The van der Waals surface area contributed by atoms with Crippen LogP contribution < -0.4 is 10.6 Å². The largest absolute Gasteiger partial charge is 0.353 e. The van der Waals surface area contributed by atoms with Gasteiger partial charge in [0, 0.05) is 12.7 Å². The fourth-order valence-electron chi connectivity index (χ4n) is 2.51. The topological polar surface area (TPSA) is 54.2 Å². The minimum Gasteiger partial charge on any atom is -0.353 e. The fraction of sp³-hybridized carbons (Fsp3) is 0.538. The van der Waals surface area contributed by atoms with Gasteiger partial charge in [0.2, 0.25) is 5.95 Å². The molecule has 19 heavy (non-hydrogen) atoms. The average Bonchev–Trinajstić information content (AvgIpc) is 2.84. The maximum atomic E-state index is 4.47. The minimum absolute atomic E-state index is 0.704. The summed E-state index contributed by atoms with van der Waals surface area (Å²) < 4.78 is 2.75. The highest BCUT2D eigenvalue weighted by Crippen LogP contribution is 2.17. The van der Waals surface area contributed by atoms with Crippen LogP contribution in [0.15, 0.2) is 22.8 Å². The molecule has 2 aromatic heterocycles. The van der Waals surface area contributed by atoms with Crippen molar-refractivity contribution in [3.8, 4) is 0 Å². The van der Waals surface area contributed by atoms with Gasteiger partial charge in [-0.2, -0.15) is 4.98 Å². The molecule has 0 aromatic carbocycles. The standard InChI is InChI=1S/C13H18BrN5/c14-11-4-2-8-19-12(11)17-13(18-19)16-7-5-10-3-1-6-15-9-10/h2,4,8,10,15H,1,3,5-7,9H2,(H,16,18). The lowest BCUT2D eigenvalue weighted by Crippen LogP contribution is -2.30. The number of rotatable bonds is 4. The summed E-state index contributed by atoms with van der Waals surface area (Å²) in [6, 6.07) is 3.92. The number of aromatic nitrogens is 3. The van der Waals surface area contributed by atoms with Crippen LogP contribution in [0.3, 0.4) is 0 Å². The Morgan fingerprint density at radius 1 is 1.53 bits per heavy atom. The summed E-state index contributed by atoms with van der Waals surface area (Å²) in [5, 5.41) is 11.2. The van der Waals surface area contributed by atoms with Gasteiger partial charge in [-0.25, -0.2) is 4.52 Å². The molecule has 1 atom stereocenters. The number of nitrogens with zero attached hydrogens (tertiary/aromatic N) is 3. The van der Waals surface area contributed by atoms with Gasteiger partial charge in [0.05, 0.1) is 4.47 Å². The van der Waals surface area contributed by atoms with Crippen molar-refractivity contribution in [1.29, 1.82) is 0 Å². The predicted molar refractivity (Wildman–Crippen MR) is 79.4 cm³/mol. The molecule has 1 unspecified atom stereocenters. The van der Waals surface area contributed by atoms with Gasteiger partial charge in [-0.1, -0.05) is 0 Å². The van der Waals surface area contributed by atoms with Gasteiger partial charge >= 0.3 is 0 Å². The van der Waals surface area contributed by atoms with E-state index < -0.39 is 0 Å². The number of nitrogens with one attached hydrogen (secondary N) is 2. The molecular formula is C13H18BrN5. The van der Waals surface area contributed by atoms with E-state index in [2.05, 4.69) is 36.6 Å². The first-order chi connectivity index (χ1) is 9.33. The van der Waals surface area contributed by atoms with Crippen molar-refractivity contribution < 1.29 is 0 Å². The van der Waals surface area contributed by atoms with E-state index in [1.54, 1.807) is 4.52 Å². The van der Waals surface area contributed by atoms with Crippen molar-refractivity contribution in [3.63, 3.8) is 0 Å². The van der Waals surface area contributed by atoms with Crippen LogP contribution in [0.4, 0.5) is 5.95 Å². The third-order valence-electron chi connectivity index (χ3n) is 3.55. The highest BCUT2D eigenvalue weighted by atomic mass is 79.9. The smallest absolute Gasteiger partial charge is 0.243 e. The molecule has 0 saturated carbocycles. The van der Waals surface area contributed by atoms with Crippen LogP contribution in [0, 0.1) is 5.92 Å². The number of hydrogen-bond donors (Lipinski definition) is 2. The van der Waals surface area contributed by atoms with Gasteiger partial charge in [0.1, 0.15) is 0 Å². The van der Waals surface area contributed by atoms with Crippen molar-refractivity contribution in [1.82, 2.24) is 19.9 Å². The first-order valence-corrected chi connectivity index (χ1v) is 7.58. The zero-order valence-electron chi connectivity index (χ0n) is 10.8. The molecule has 2 aromatic rings. The third-order valence-corrected chi connectivity index (χ3v) is 4.17. The lowest BCUT2D eigenvalue weighted by atomic mass is 9.96. The Bertz CT molecular complexity index is 547. The zero-order valence-corrected chi connectivity index (χ0v) is 12.4. The molecule has 1 aliphatic rings. The van der Waals surface area contributed by atoms with E-state index in [4.69, 9.17) is 0 Å². The summed E-state index contributed by atoms with van der Waals surface area (Å²) >= 11 is 3.48. The van der Waals surface area contributed by atoms with E-state index in [1.807, 2.05) is 18.3 Å². The summed E-state index contributed by atoms with van der Waals surface area (Å²) in [6.45, 7) is 3.25. The molecule has 0 bridgehead atoms. The first-order valence-electron chi connectivity index (χ1n) is 6.78. The predicted octanol–water partition coefficient (Wildman–Crippen LogP) is 2.29. The van der Waals surface area contributed by atoms with E-state index >= 15 is 0 Å². The third kappa shape index (κ3) is 3.06. The van der Waals surface area contributed by atoms with Gasteiger partial charge in [-0.05, 0) is 66.3 Å². The van der Waals surface area contributed by atoms with Crippen molar-refractivity contribution in [3.05, 3.63) is 22.8 Å². The first kappa shape index (κ1) is 12.9. The Kier molecular flexibility index (Phi) is 3.98. The fourth-order valence-corrected chi connectivity index (χ4v) is 2.93. The summed E-state index contributed by atoms with van der Waals surface area (Å²) in [5.41, 5.74) is 0.851. The van der Waals surface area contributed by atoms with Gasteiger partial charge in [0.25, 0.3) is 0 Å². The molecule has 0 aliphatic carbocycles. The van der Waals surface area contributed by atoms with E-state index in [0.29, 0.717) is 5.95 Å². The number of halogens is 1. The molecule has 1 aliphatic heterocycles. The van der Waals surface area contributed by atoms with Crippen molar-refractivity contribution in [2.75, 3.05) is 25.0 Å². The maximum absolute atomic E-state index is 4.47. The van der Waals surface area contributed by atoms with Crippen molar-refractivity contribution in [2.45, 2.75) is 19.3 Å². The number of piperidine rings is 1. The van der Waals surface area contributed by atoms with Crippen LogP contribution in [-0.4, -0.2) is 34.2 Å². The van der Waals surface area contributed by atoms with E-state index in [0.717, 1.165) is 29.1 Å². The molecule has 0 radical (unpaired) electrons. The van der Waals surface area contributed by atoms with Gasteiger partial charge < -0.3 is 10.6 Å². The van der Waals surface area contributed by atoms with E-state index in [1.165, 1.54) is 25.8 Å². The molecule has 1 fully saturated rings. The Balaban J connectivity index is 1.57. The second-order valence-corrected chi connectivity index (χ2v) is 5.84. The lowest BCUT2D eigenvalue weighted by Gasteiger charge is -2.22. The van der Waals surface area contributed by atoms with E-state index in [9.17, 15) is 0 Å². The molecule has 102 valence electrons. The monoisotopic (exact) mass is 323 g/mol. The molecule has 3 rings (SSSR count). The molecule has 2 N–H and O–H groups in total. The number of anilines is 1. The highest BCUT2D eigenvalue weighted by molar-refractivity contribution is 9.10. The number of pyridine rings is 1. The van der Waals surface area contributed by atoms with E-state index in [-0.39, 0.29) is 0 Å². The molecule has 3 heterocycles. The molecule has 0 spiro atoms. The molecular weight excluding hydrogens is 306 g/mol. The van der Waals surface area contributed by atoms with Crippen LogP contribution in [0.25, 0.3) is 5.65 Å². The quantitative estimate of drug-likeness (QED) is 0.906. The Morgan fingerprint density at radius 2 is 2.47 bits per heavy atom. The Morgan fingerprint density at radius 3 is 3.26 bits per heavy atom. The Hall–Kier alpha value is -1.14. The van der Waals surface area contributed by atoms with Crippen molar-refractivity contribution in [2.24, 2.45) is 5.92 Å². The number of fused-ring (bicyclic) bond motifs is 1. The van der Waals surface area contributed by atoms with Crippen LogP contribution >= 0.6 is 15.9 Å². The van der Waals surface area contributed by atoms with Crippen LogP contribution in [0.1, 0.15) is 19.3 Å². The Labute approximate surface area is 120 Å². The zero-order chi connectivity index (χ0) is 13.1. The van der Waals surface area contributed by atoms with Gasteiger partial charge in [-0.15, -0.1) is 5.10 Å². The molecule has 6 heteroatoms. The molecule has 1 saturated heterocycles. The average molecular weight is 324 g/mol.